The Balaban J connectivity index is 1.93. The normalized spacial score (nSPS) is 12.5. The number of hydrogen-bond acceptors (Lipinski definition) is 6. The molecule has 118 valence electrons. The average Bonchev–Trinajstić information content (AvgIpc) is 3.10. The summed E-state index contributed by atoms with van der Waals surface area (Å²) in [6.45, 7) is 2.69. The lowest BCUT2D eigenvalue weighted by molar-refractivity contribution is 0.247. The van der Waals surface area contributed by atoms with Gasteiger partial charge in [-0.25, -0.2) is 9.78 Å². The van der Waals surface area contributed by atoms with Crippen molar-refractivity contribution in [2.45, 2.75) is 19.5 Å². The predicted octanol–water partition coefficient (Wildman–Crippen LogP) is 1.36. The minimum absolute atomic E-state index is 0.0282. The number of aromatic nitrogens is 1. The van der Waals surface area contributed by atoms with Gasteiger partial charge in [0.25, 0.3) is 0 Å². The average molecular weight is 322 g/mol. The molecular formula is C13H18N6O2S. The number of rotatable bonds is 7. The van der Waals surface area contributed by atoms with E-state index < -0.39 is 6.03 Å². The first kappa shape index (κ1) is 16.0. The number of amides is 2. The van der Waals surface area contributed by atoms with E-state index in [2.05, 4.69) is 20.6 Å². The smallest absolute Gasteiger partial charge is 0.312 e. The molecule has 0 aliphatic heterocycles. The fourth-order valence-electron chi connectivity index (χ4n) is 1.56. The molecule has 0 fully saturated rings. The molecule has 2 aromatic rings. The lowest BCUT2D eigenvalue weighted by Gasteiger charge is -1.98. The molecule has 1 atom stereocenters. The molecule has 2 heterocycles. The summed E-state index contributed by atoms with van der Waals surface area (Å²) in [6, 6.07) is 2.99. The predicted molar refractivity (Wildman–Crippen MR) is 86.9 cm³/mol. The monoisotopic (exact) mass is 322 g/mol. The molecule has 22 heavy (non-hydrogen) atoms. The number of nitrogens with two attached hydrogens (primary N) is 2. The number of hydrogen-bond donors (Lipinski definition) is 4. The van der Waals surface area contributed by atoms with Gasteiger partial charge < -0.3 is 26.5 Å². The number of furan rings is 1. The Morgan fingerprint density at radius 1 is 1.59 bits per heavy atom. The van der Waals surface area contributed by atoms with E-state index in [1.807, 2.05) is 12.3 Å². The molecule has 9 heteroatoms. The summed E-state index contributed by atoms with van der Waals surface area (Å²) in [5, 5.41) is 8.02. The summed E-state index contributed by atoms with van der Waals surface area (Å²) in [4.78, 5) is 19.2. The van der Waals surface area contributed by atoms with Gasteiger partial charge in [0.2, 0.25) is 0 Å². The van der Waals surface area contributed by atoms with Crippen molar-refractivity contribution in [3.05, 3.63) is 23.3 Å². The molecule has 1 unspecified atom stereocenters. The summed E-state index contributed by atoms with van der Waals surface area (Å²) < 4.78 is 5.59. The molecule has 2 rings (SSSR count). The first-order valence-corrected chi connectivity index (χ1v) is 7.51. The second-order valence-corrected chi connectivity index (χ2v) is 5.50. The molecule has 6 N–H and O–H groups in total. The van der Waals surface area contributed by atoms with Crippen LogP contribution in [-0.2, 0) is 6.54 Å². The third-order valence-electron chi connectivity index (χ3n) is 2.53. The minimum atomic E-state index is -0.593. The van der Waals surface area contributed by atoms with Gasteiger partial charge in [-0.2, -0.15) is 0 Å². The molecule has 0 aromatic carbocycles. The number of primary amides is 1. The number of nitrogens with zero attached hydrogens (tertiary/aromatic N) is 2. The van der Waals surface area contributed by atoms with Gasteiger partial charge in [-0.15, -0.1) is 11.3 Å². The van der Waals surface area contributed by atoms with Crippen molar-refractivity contribution in [3.63, 3.8) is 0 Å². The summed E-state index contributed by atoms with van der Waals surface area (Å²) in [7, 11) is 0. The van der Waals surface area contributed by atoms with Crippen LogP contribution in [0.5, 0.6) is 0 Å². The van der Waals surface area contributed by atoms with Crippen LogP contribution in [0.2, 0.25) is 0 Å². The highest BCUT2D eigenvalue weighted by Gasteiger charge is 2.09. The van der Waals surface area contributed by atoms with Crippen LogP contribution in [-0.4, -0.2) is 29.9 Å². The van der Waals surface area contributed by atoms with E-state index in [0.29, 0.717) is 28.9 Å². The lowest BCUT2D eigenvalue weighted by Crippen LogP contribution is -2.28. The summed E-state index contributed by atoms with van der Waals surface area (Å²) >= 11 is 1.44. The van der Waals surface area contributed by atoms with Crippen LogP contribution >= 0.6 is 11.3 Å². The lowest BCUT2D eigenvalue weighted by atomic mass is 10.3. The van der Waals surface area contributed by atoms with Crippen LogP contribution in [0, 0.1) is 0 Å². The van der Waals surface area contributed by atoms with Crippen LogP contribution in [0.25, 0.3) is 11.5 Å². The van der Waals surface area contributed by atoms with Crippen molar-refractivity contribution in [1.29, 1.82) is 0 Å². The Labute approximate surface area is 131 Å². The SMILES string of the molecule is CC(N)CN=CNc1nc(-c2ccc(CNC(N)=O)o2)cs1. The zero-order valence-electron chi connectivity index (χ0n) is 12.1. The fourth-order valence-corrected chi connectivity index (χ4v) is 2.22. The van der Waals surface area contributed by atoms with Gasteiger partial charge in [0, 0.05) is 11.4 Å². The third kappa shape index (κ3) is 4.86. The van der Waals surface area contributed by atoms with Crippen molar-refractivity contribution < 1.29 is 9.21 Å². The van der Waals surface area contributed by atoms with E-state index in [1.54, 1.807) is 18.5 Å². The molecular weight excluding hydrogens is 304 g/mol. The Bertz CT molecular complexity index is 649. The summed E-state index contributed by atoms with van der Waals surface area (Å²) in [6.07, 6.45) is 1.58. The van der Waals surface area contributed by atoms with Gasteiger partial charge in [-0.3, -0.25) is 4.99 Å². The number of urea groups is 1. The number of anilines is 1. The van der Waals surface area contributed by atoms with Crippen molar-refractivity contribution >= 4 is 28.8 Å². The van der Waals surface area contributed by atoms with E-state index in [-0.39, 0.29) is 12.6 Å². The topological polar surface area (TPSA) is 132 Å². The largest absolute Gasteiger partial charge is 0.458 e. The number of carbonyl (C=O) groups excluding carboxylic acids is 1. The van der Waals surface area contributed by atoms with Crippen LogP contribution in [0.1, 0.15) is 12.7 Å². The van der Waals surface area contributed by atoms with E-state index in [9.17, 15) is 4.79 Å². The maximum absolute atomic E-state index is 10.7. The quantitative estimate of drug-likeness (QED) is 0.451. The standard InChI is InChI=1S/C13H18N6O2S/c1-8(14)4-16-7-18-13-19-10(6-22-13)11-3-2-9(21-11)5-17-12(15)20/h2-3,6-8H,4-5,14H2,1H3,(H3,15,17,20)(H,16,18,19). The van der Waals surface area contributed by atoms with E-state index in [1.165, 1.54) is 11.3 Å². The van der Waals surface area contributed by atoms with Gasteiger partial charge in [0.15, 0.2) is 10.9 Å². The fraction of sp³-hybridized carbons (Fsp3) is 0.308. The van der Waals surface area contributed by atoms with Crippen LogP contribution < -0.4 is 22.1 Å². The first-order chi connectivity index (χ1) is 10.5. The van der Waals surface area contributed by atoms with Crippen molar-refractivity contribution in [1.82, 2.24) is 10.3 Å². The molecule has 0 saturated carbocycles. The molecule has 0 spiro atoms. The Kier molecular flexibility index (Phi) is 5.50. The Morgan fingerprint density at radius 2 is 2.41 bits per heavy atom. The maximum atomic E-state index is 10.7. The minimum Gasteiger partial charge on any atom is -0.458 e. The third-order valence-corrected chi connectivity index (χ3v) is 3.30. The molecule has 2 aromatic heterocycles. The van der Waals surface area contributed by atoms with Crippen molar-refractivity contribution in [2.75, 3.05) is 11.9 Å². The molecule has 0 bridgehead atoms. The number of thiazole rings is 1. The van der Waals surface area contributed by atoms with E-state index in [0.717, 1.165) is 0 Å². The zero-order valence-corrected chi connectivity index (χ0v) is 12.9. The van der Waals surface area contributed by atoms with Gasteiger partial charge >= 0.3 is 6.03 Å². The van der Waals surface area contributed by atoms with Gasteiger partial charge in [-0.1, -0.05) is 0 Å². The van der Waals surface area contributed by atoms with Gasteiger partial charge in [0.1, 0.15) is 11.5 Å². The second kappa shape index (κ2) is 7.57. The second-order valence-electron chi connectivity index (χ2n) is 4.64. The van der Waals surface area contributed by atoms with Gasteiger partial charge in [0.05, 0.1) is 19.4 Å². The van der Waals surface area contributed by atoms with Crippen molar-refractivity contribution in [2.24, 2.45) is 16.5 Å². The Morgan fingerprint density at radius 3 is 3.14 bits per heavy atom. The number of aliphatic imine (C=N–C) groups is 1. The van der Waals surface area contributed by atoms with Crippen LogP contribution in [0.3, 0.4) is 0 Å². The van der Waals surface area contributed by atoms with E-state index in [4.69, 9.17) is 15.9 Å². The maximum Gasteiger partial charge on any atom is 0.312 e. The van der Waals surface area contributed by atoms with E-state index >= 15 is 0 Å². The van der Waals surface area contributed by atoms with Crippen LogP contribution in [0.15, 0.2) is 26.9 Å². The molecule has 2 amide bonds. The summed E-state index contributed by atoms with van der Waals surface area (Å²) in [5.74, 6) is 1.23. The number of nitrogens with one attached hydrogen (secondary N) is 2. The number of carbonyl (C=O) groups is 1. The van der Waals surface area contributed by atoms with Crippen molar-refractivity contribution in [3.8, 4) is 11.5 Å². The van der Waals surface area contributed by atoms with Gasteiger partial charge in [-0.05, 0) is 19.1 Å². The molecule has 8 nitrogen and oxygen atoms in total. The summed E-state index contributed by atoms with van der Waals surface area (Å²) in [5.41, 5.74) is 11.3. The highest BCUT2D eigenvalue weighted by atomic mass is 32.1. The highest BCUT2D eigenvalue weighted by molar-refractivity contribution is 7.14. The zero-order chi connectivity index (χ0) is 15.9. The molecule has 0 radical (unpaired) electrons. The van der Waals surface area contributed by atoms with Crippen LogP contribution in [0.4, 0.5) is 9.93 Å². The molecule has 0 saturated heterocycles. The molecule has 0 aliphatic carbocycles. The first-order valence-electron chi connectivity index (χ1n) is 6.63. The molecule has 0 aliphatic rings. The highest BCUT2D eigenvalue weighted by Crippen LogP contribution is 2.26. The Hall–Kier alpha value is -2.39.